The van der Waals surface area contributed by atoms with E-state index in [9.17, 15) is 0 Å². The van der Waals surface area contributed by atoms with Gasteiger partial charge >= 0.3 is 0 Å². The molecule has 4 nitrogen and oxygen atoms in total. The fraction of sp³-hybridized carbons (Fsp3) is 0.167. The van der Waals surface area contributed by atoms with Gasteiger partial charge in [0.2, 0.25) is 0 Å². The zero-order chi connectivity index (χ0) is 13.0. The van der Waals surface area contributed by atoms with Crippen molar-refractivity contribution >= 4 is 29.2 Å². The first-order chi connectivity index (χ1) is 8.69. The molecule has 2 rings (SSSR count). The molecule has 0 saturated heterocycles. The first-order valence-corrected chi connectivity index (χ1v) is 6.74. The van der Waals surface area contributed by atoms with E-state index in [1.165, 1.54) is 0 Å². The SMILES string of the molecule is Cc1nc(NN)cc(SCc2ccccc2Cl)n1. The second kappa shape index (κ2) is 6.04. The molecule has 6 heteroatoms. The normalized spacial score (nSPS) is 10.4. The highest BCUT2D eigenvalue weighted by Gasteiger charge is 2.04. The largest absolute Gasteiger partial charge is 0.308 e. The Kier molecular flexibility index (Phi) is 4.41. The van der Waals surface area contributed by atoms with Gasteiger partial charge in [-0.05, 0) is 18.6 Å². The zero-order valence-electron chi connectivity index (χ0n) is 9.85. The van der Waals surface area contributed by atoms with Gasteiger partial charge in [0.25, 0.3) is 0 Å². The first-order valence-electron chi connectivity index (χ1n) is 5.37. The molecule has 94 valence electrons. The van der Waals surface area contributed by atoms with Gasteiger partial charge in [-0.15, -0.1) is 11.8 Å². The van der Waals surface area contributed by atoms with Gasteiger partial charge < -0.3 is 5.43 Å². The topological polar surface area (TPSA) is 63.8 Å². The highest BCUT2D eigenvalue weighted by atomic mass is 35.5. The summed E-state index contributed by atoms with van der Waals surface area (Å²) in [5.41, 5.74) is 3.61. The number of aromatic nitrogens is 2. The van der Waals surface area contributed by atoms with Crippen LogP contribution in [0, 0.1) is 6.92 Å². The third-order valence-electron chi connectivity index (χ3n) is 2.30. The predicted molar refractivity (Wildman–Crippen MR) is 75.6 cm³/mol. The average Bonchev–Trinajstić information content (AvgIpc) is 2.37. The number of hydrogen-bond acceptors (Lipinski definition) is 5. The molecule has 0 fully saturated rings. The number of nitrogens with two attached hydrogens (primary N) is 1. The number of benzene rings is 1. The Morgan fingerprint density at radius 1 is 1.33 bits per heavy atom. The van der Waals surface area contributed by atoms with Crippen molar-refractivity contribution in [2.24, 2.45) is 5.84 Å². The third kappa shape index (κ3) is 3.35. The van der Waals surface area contributed by atoms with Crippen molar-refractivity contribution in [2.75, 3.05) is 5.43 Å². The third-order valence-corrected chi connectivity index (χ3v) is 3.62. The number of halogens is 1. The minimum atomic E-state index is 0.615. The van der Waals surface area contributed by atoms with Crippen LogP contribution in [0.1, 0.15) is 11.4 Å². The van der Waals surface area contributed by atoms with Crippen LogP contribution < -0.4 is 11.3 Å². The lowest BCUT2D eigenvalue weighted by atomic mass is 10.2. The van der Waals surface area contributed by atoms with Crippen LogP contribution in [-0.4, -0.2) is 9.97 Å². The molecule has 0 amide bonds. The maximum absolute atomic E-state index is 6.10. The minimum absolute atomic E-state index is 0.615. The summed E-state index contributed by atoms with van der Waals surface area (Å²) in [6, 6.07) is 9.59. The van der Waals surface area contributed by atoms with Gasteiger partial charge in [0.15, 0.2) is 0 Å². The molecule has 18 heavy (non-hydrogen) atoms. The maximum atomic E-state index is 6.10. The minimum Gasteiger partial charge on any atom is -0.308 e. The number of hydrogen-bond donors (Lipinski definition) is 2. The second-order valence-electron chi connectivity index (χ2n) is 3.66. The number of thioether (sulfide) groups is 1. The Labute approximate surface area is 115 Å². The van der Waals surface area contributed by atoms with E-state index < -0.39 is 0 Å². The van der Waals surface area contributed by atoms with Crippen molar-refractivity contribution in [3.05, 3.63) is 46.7 Å². The molecule has 1 aromatic heterocycles. The van der Waals surface area contributed by atoms with Crippen molar-refractivity contribution in [3.8, 4) is 0 Å². The van der Waals surface area contributed by atoms with Gasteiger partial charge in [0.05, 0.1) is 0 Å². The van der Waals surface area contributed by atoms with Gasteiger partial charge in [0, 0.05) is 16.8 Å². The van der Waals surface area contributed by atoms with Crippen LogP contribution in [0.4, 0.5) is 5.82 Å². The van der Waals surface area contributed by atoms with E-state index in [2.05, 4.69) is 15.4 Å². The molecule has 0 aliphatic rings. The fourth-order valence-electron chi connectivity index (χ4n) is 1.46. The molecule has 0 aliphatic heterocycles. The summed E-state index contributed by atoms with van der Waals surface area (Å²) >= 11 is 7.70. The van der Waals surface area contributed by atoms with E-state index in [1.54, 1.807) is 11.8 Å². The molecule has 0 unspecified atom stereocenters. The number of anilines is 1. The van der Waals surface area contributed by atoms with E-state index >= 15 is 0 Å². The summed E-state index contributed by atoms with van der Waals surface area (Å²) in [4.78, 5) is 8.48. The second-order valence-corrected chi connectivity index (χ2v) is 5.07. The molecule has 0 atom stereocenters. The van der Waals surface area contributed by atoms with Crippen molar-refractivity contribution < 1.29 is 0 Å². The molecule has 0 spiro atoms. The molecule has 1 aromatic carbocycles. The molecule has 3 N–H and O–H groups in total. The lowest BCUT2D eigenvalue weighted by molar-refractivity contribution is 0.963. The molecule has 0 aliphatic carbocycles. The molecule has 2 aromatic rings. The van der Waals surface area contributed by atoms with Crippen molar-refractivity contribution in [2.45, 2.75) is 17.7 Å². The van der Waals surface area contributed by atoms with Crippen LogP contribution >= 0.6 is 23.4 Å². The monoisotopic (exact) mass is 280 g/mol. The molecule has 0 radical (unpaired) electrons. The number of nitrogen functional groups attached to an aromatic ring is 1. The van der Waals surface area contributed by atoms with Crippen molar-refractivity contribution in [3.63, 3.8) is 0 Å². The first kappa shape index (κ1) is 13.1. The summed E-state index contributed by atoms with van der Waals surface area (Å²) in [6.07, 6.45) is 0. The summed E-state index contributed by atoms with van der Waals surface area (Å²) in [5.74, 6) is 7.41. The Morgan fingerprint density at radius 2 is 2.11 bits per heavy atom. The lowest BCUT2D eigenvalue weighted by Gasteiger charge is -2.06. The fourth-order valence-corrected chi connectivity index (χ4v) is 2.68. The summed E-state index contributed by atoms with van der Waals surface area (Å²) in [6.45, 7) is 1.83. The summed E-state index contributed by atoms with van der Waals surface area (Å²) < 4.78 is 0. The molecule has 0 bridgehead atoms. The molecular formula is C12H13ClN4S. The van der Waals surface area contributed by atoms with E-state index in [1.807, 2.05) is 37.3 Å². The summed E-state index contributed by atoms with van der Waals surface area (Å²) in [7, 11) is 0. The standard InChI is InChI=1S/C12H13ClN4S/c1-8-15-11(17-14)6-12(16-8)18-7-9-4-2-3-5-10(9)13/h2-6H,7,14H2,1H3,(H,15,16,17). The number of nitrogens with zero attached hydrogens (tertiary/aromatic N) is 2. The Bertz CT molecular complexity index is 547. The van der Waals surface area contributed by atoms with E-state index in [0.717, 1.165) is 21.4 Å². The molecule has 1 heterocycles. The predicted octanol–water partition coefficient (Wildman–Crippen LogP) is 3.02. The van der Waals surface area contributed by atoms with Crippen LogP contribution in [0.5, 0.6) is 0 Å². The quantitative estimate of drug-likeness (QED) is 0.390. The van der Waals surface area contributed by atoms with Gasteiger partial charge in [-0.3, -0.25) is 0 Å². The Balaban J connectivity index is 2.11. The number of aryl methyl sites for hydroxylation is 1. The number of hydrazine groups is 1. The lowest BCUT2D eigenvalue weighted by Crippen LogP contribution is -2.09. The number of nitrogens with one attached hydrogen (secondary N) is 1. The molecular weight excluding hydrogens is 268 g/mol. The van der Waals surface area contributed by atoms with Gasteiger partial charge in [-0.2, -0.15) is 0 Å². The van der Waals surface area contributed by atoms with Crippen molar-refractivity contribution in [1.29, 1.82) is 0 Å². The number of rotatable bonds is 4. The van der Waals surface area contributed by atoms with Crippen LogP contribution in [0.2, 0.25) is 5.02 Å². The maximum Gasteiger partial charge on any atom is 0.144 e. The Hall–Kier alpha value is -1.30. The smallest absolute Gasteiger partial charge is 0.144 e. The van der Waals surface area contributed by atoms with Gasteiger partial charge in [-0.25, -0.2) is 15.8 Å². The van der Waals surface area contributed by atoms with E-state index in [0.29, 0.717) is 11.6 Å². The van der Waals surface area contributed by atoms with E-state index in [4.69, 9.17) is 17.4 Å². The van der Waals surface area contributed by atoms with Crippen LogP contribution in [0.25, 0.3) is 0 Å². The molecule has 0 saturated carbocycles. The highest BCUT2D eigenvalue weighted by Crippen LogP contribution is 2.26. The van der Waals surface area contributed by atoms with Gasteiger partial charge in [0.1, 0.15) is 16.7 Å². The van der Waals surface area contributed by atoms with Crippen LogP contribution in [0.3, 0.4) is 0 Å². The van der Waals surface area contributed by atoms with Crippen LogP contribution in [0.15, 0.2) is 35.4 Å². The average molecular weight is 281 g/mol. The summed E-state index contributed by atoms with van der Waals surface area (Å²) in [5, 5.41) is 1.64. The highest BCUT2D eigenvalue weighted by molar-refractivity contribution is 7.98. The van der Waals surface area contributed by atoms with Crippen molar-refractivity contribution in [1.82, 2.24) is 9.97 Å². The van der Waals surface area contributed by atoms with Gasteiger partial charge in [-0.1, -0.05) is 29.8 Å². The van der Waals surface area contributed by atoms with Crippen LogP contribution in [-0.2, 0) is 5.75 Å². The zero-order valence-corrected chi connectivity index (χ0v) is 11.4. The van der Waals surface area contributed by atoms with E-state index in [-0.39, 0.29) is 0 Å². The Morgan fingerprint density at radius 3 is 2.83 bits per heavy atom.